The topological polar surface area (TPSA) is 32.3 Å². The third-order valence-corrected chi connectivity index (χ3v) is 5.10. The Bertz CT molecular complexity index is 475. The van der Waals surface area contributed by atoms with Gasteiger partial charge in [0.15, 0.2) is 0 Å². The molecule has 0 saturated carbocycles. The van der Waals surface area contributed by atoms with Crippen LogP contribution in [-0.4, -0.2) is 35.5 Å². The van der Waals surface area contributed by atoms with Gasteiger partial charge in [-0.05, 0) is 64.6 Å². The molecule has 0 radical (unpaired) electrons. The van der Waals surface area contributed by atoms with Gasteiger partial charge in [-0.1, -0.05) is 37.3 Å². The van der Waals surface area contributed by atoms with E-state index in [-0.39, 0.29) is 11.9 Å². The molecule has 122 valence electrons. The molecule has 1 atom stereocenters. The maximum Gasteiger partial charge on any atom is 0.240 e. The van der Waals surface area contributed by atoms with E-state index in [0.717, 1.165) is 32.4 Å². The first-order chi connectivity index (χ1) is 10.4. The molecule has 22 heavy (non-hydrogen) atoms. The average Bonchev–Trinajstić information content (AvgIpc) is 2.55. The van der Waals surface area contributed by atoms with Gasteiger partial charge in [-0.2, -0.15) is 0 Å². The zero-order valence-corrected chi connectivity index (χ0v) is 14.4. The van der Waals surface area contributed by atoms with Crippen LogP contribution in [0.2, 0.25) is 0 Å². The molecule has 1 aliphatic heterocycles. The summed E-state index contributed by atoms with van der Waals surface area (Å²) in [5, 5.41) is 3.13. The van der Waals surface area contributed by atoms with E-state index in [1.54, 1.807) is 0 Å². The lowest BCUT2D eigenvalue weighted by molar-refractivity contribution is -0.133. The minimum Gasteiger partial charge on any atom is -0.352 e. The Balaban J connectivity index is 1.94. The highest BCUT2D eigenvalue weighted by atomic mass is 16.2. The van der Waals surface area contributed by atoms with Crippen molar-refractivity contribution in [2.45, 2.75) is 64.5 Å². The Morgan fingerprint density at radius 1 is 1.27 bits per heavy atom. The molecule has 1 fully saturated rings. The maximum atomic E-state index is 12.5. The van der Waals surface area contributed by atoms with Crippen molar-refractivity contribution in [1.82, 2.24) is 10.2 Å². The van der Waals surface area contributed by atoms with Crippen LogP contribution in [0.5, 0.6) is 0 Å². The third kappa shape index (κ3) is 3.89. The van der Waals surface area contributed by atoms with E-state index in [0.29, 0.717) is 5.92 Å². The summed E-state index contributed by atoms with van der Waals surface area (Å²) in [5.74, 6) is 0.783. The summed E-state index contributed by atoms with van der Waals surface area (Å²) in [7, 11) is 0. The third-order valence-electron chi connectivity index (χ3n) is 5.10. The lowest BCUT2D eigenvalue weighted by Crippen LogP contribution is -2.58. The van der Waals surface area contributed by atoms with Crippen LogP contribution in [0, 0.1) is 0 Å². The van der Waals surface area contributed by atoms with Gasteiger partial charge in [0.2, 0.25) is 5.91 Å². The zero-order valence-electron chi connectivity index (χ0n) is 14.4. The number of likely N-dealkylation sites (tertiary alicyclic amines) is 1. The van der Waals surface area contributed by atoms with Crippen LogP contribution in [0.15, 0.2) is 30.3 Å². The Labute approximate surface area is 135 Å². The Morgan fingerprint density at radius 3 is 2.41 bits per heavy atom. The van der Waals surface area contributed by atoms with Crippen LogP contribution in [-0.2, 0) is 4.79 Å². The van der Waals surface area contributed by atoms with E-state index in [4.69, 9.17) is 0 Å². The quantitative estimate of drug-likeness (QED) is 0.902. The highest BCUT2D eigenvalue weighted by Crippen LogP contribution is 2.31. The summed E-state index contributed by atoms with van der Waals surface area (Å²) in [6.45, 7) is 10.2. The summed E-state index contributed by atoms with van der Waals surface area (Å²) in [6.07, 6.45) is 3.23. The first-order valence-corrected chi connectivity index (χ1v) is 8.56. The number of rotatable bonds is 5. The number of piperidine rings is 1. The Morgan fingerprint density at radius 2 is 1.86 bits per heavy atom. The number of hydrogen-bond donors (Lipinski definition) is 1. The molecule has 2 rings (SSSR count). The monoisotopic (exact) mass is 302 g/mol. The molecule has 1 aliphatic rings. The van der Waals surface area contributed by atoms with Gasteiger partial charge in [0, 0.05) is 6.04 Å². The number of amides is 1. The maximum absolute atomic E-state index is 12.5. The van der Waals surface area contributed by atoms with Crippen molar-refractivity contribution in [3.8, 4) is 0 Å². The molecule has 0 spiro atoms. The Kier molecular flexibility index (Phi) is 5.63. The summed E-state index contributed by atoms with van der Waals surface area (Å²) < 4.78 is 0. The number of nitrogens with one attached hydrogen (secondary N) is 1. The summed E-state index contributed by atoms with van der Waals surface area (Å²) >= 11 is 0. The molecular formula is C19H30N2O. The SMILES string of the molecule is CC[C@@H](C)NC(=O)C(C)(C)N1CCC(c2ccccc2)CC1. The van der Waals surface area contributed by atoms with Crippen LogP contribution in [0.25, 0.3) is 0 Å². The van der Waals surface area contributed by atoms with Crippen molar-refractivity contribution in [2.24, 2.45) is 0 Å². The first kappa shape index (κ1) is 17.0. The van der Waals surface area contributed by atoms with E-state index in [9.17, 15) is 4.79 Å². The van der Waals surface area contributed by atoms with Crippen LogP contribution >= 0.6 is 0 Å². The summed E-state index contributed by atoms with van der Waals surface area (Å²) in [4.78, 5) is 14.9. The van der Waals surface area contributed by atoms with Gasteiger partial charge in [0.1, 0.15) is 0 Å². The molecule has 0 unspecified atom stereocenters. The molecule has 0 aromatic heterocycles. The minimum absolute atomic E-state index is 0.153. The predicted octanol–water partition coefficient (Wildman–Crippen LogP) is 3.56. The summed E-state index contributed by atoms with van der Waals surface area (Å²) in [5.41, 5.74) is 1.01. The van der Waals surface area contributed by atoms with Crippen LogP contribution in [0.4, 0.5) is 0 Å². The molecule has 1 aromatic carbocycles. The van der Waals surface area contributed by atoms with E-state index in [1.165, 1.54) is 5.56 Å². The molecule has 1 aromatic rings. The van der Waals surface area contributed by atoms with Gasteiger partial charge >= 0.3 is 0 Å². The van der Waals surface area contributed by atoms with Crippen molar-refractivity contribution in [3.63, 3.8) is 0 Å². The van der Waals surface area contributed by atoms with Crippen molar-refractivity contribution < 1.29 is 4.79 Å². The highest BCUT2D eigenvalue weighted by molar-refractivity contribution is 5.85. The number of carbonyl (C=O) groups is 1. The fraction of sp³-hybridized carbons (Fsp3) is 0.632. The molecule has 1 saturated heterocycles. The molecule has 0 bridgehead atoms. The molecular weight excluding hydrogens is 272 g/mol. The van der Waals surface area contributed by atoms with Gasteiger partial charge in [-0.25, -0.2) is 0 Å². The zero-order chi connectivity index (χ0) is 16.2. The molecule has 0 aliphatic carbocycles. The van der Waals surface area contributed by atoms with E-state index in [2.05, 4.69) is 54.4 Å². The molecule has 1 N–H and O–H groups in total. The van der Waals surface area contributed by atoms with Gasteiger partial charge in [-0.3, -0.25) is 9.69 Å². The standard InChI is InChI=1S/C19H30N2O/c1-5-15(2)20-18(22)19(3,4)21-13-11-17(12-14-21)16-9-7-6-8-10-16/h6-10,15,17H,5,11-14H2,1-4H3,(H,20,22)/t15-/m1/s1. The number of benzene rings is 1. The predicted molar refractivity (Wildman–Crippen MR) is 92.0 cm³/mol. The fourth-order valence-electron chi connectivity index (χ4n) is 3.14. The van der Waals surface area contributed by atoms with Crippen LogP contribution < -0.4 is 5.32 Å². The lowest BCUT2D eigenvalue weighted by Gasteiger charge is -2.42. The molecule has 3 heteroatoms. The van der Waals surface area contributed by atoms with Gasteiger partial charge in [0.25, 0.3) is 0 Å². The number of nitrogens with zero attached hydrogens (tertiary/aromatic N) is 1. The van der Waals surface area contributed by atoms with Crippen molar-refractivity contribution >= 4 is 5.91 Å². The van der Waals surface area contributed by atoms with E-state index < -0.39 is 5.54 Å². The van der Waals surface area contributed by atoms with Crippen molar-refractivity contribution in [3.05, 3.63) is 35.9 Å². The van der Waals surface area contributed by atoms with Gasteiger partial charge in [0.05, 0.1) is 5.54 Å². The average molecular weight is 302 g/mol. The second-order valence-corrected chi connectivity index (χ2v) is 7.01. The molecule has 1 heterocycles. The molecule has 3 nitrogen and oxygen atoms in total. The van der Waals surface area contributed by atoms with Gasteiger partial charge in [-0.15, -0.1) is 0 Å². The minimum atomic E-state index is -0.426. The molecule has 1 amide bonds. The summed E-state index contributed by atoms with van der Waals surface area (Å²) in [6, 6.07) is 11.0. The smallest absolute Gasteiger partial charge is 0.240 e. The van der Waals surface area contributed by atoms with E-state index in [1.807, 2.05) is 13.8 Å². The lowest BCUT2D eigenvalue weighted by atomic mass is 9.87. The van der Waals surface area contributed by atoms with Crippen LogP contribution in [0.1, 0.15) is 58.4 Å². The first-order valence-electron chi connectivity index (χ1n) is 8.56. The second kappa shape index (κ2) is 7.28. The number of carbonyl (C=O) groups excluding carboxylic acids is 1. The van der Waals surface area contributed by atoms with Gasteiger partial charge < -0.3 is 5.32 Å². The normalized spacial score (nSPS) is 18.9. The largest absolute Gasteiger partial charge is 0.352 e. The van der Waals surface area contributed by atoms with E-state index >= 15 is 0 Å². The van der Waals surface area contributed by atoms with Crippen molar-refractivity contribution in [1.29, 1.82) is 0 Å². The van der Waals surface area contributed by atoms with Crippen LogP contribution in [0.3, 0.4) is 0 Å². The fourth-order valence-corrected chi connectivity index (χ4v) is 3.14. The highest BCUT2D eigenvalue weighted by Gasteiger charge is 2.37. The number of hydrogen-bond acceptors (Lipinski definition) is 2. The van der Waals surface area contributed by atoms with Crippen molar-refractivity contribution in [2.75, 3.05) is 13.1 Å². The second-order valence-electron chi connectivity index (χ2n) is 7.01. The Hall–Kier alpha value is -1.35.